The quantitative estimate of drug-likeness (QED) is 0.825. The van der Waals surface area contributed by atoms with Gasteiger partial charge in [0.2, 0.25) is 0 Å². The second-order valence-corrected chi connectivity index (χ2v) is 6.68. The molecule has 1 saturated carbocycles. The minimum absolute atomic E-state index is 0.826. The first-order chi connectivity index (χ1) is 9.28. The first-order valence-electron chi connectivity index (χ1n) is 7.34. The highest BCUT2D eigenvalue weighted by molar-refractivity contribution is 9.10. The number of nitrogens with zero attached hydrogens (tertiary/aromatic N) is 1. The molecule has 1 saturated heterocycles. The number of likely N-dealkylation sites (tertiary alicyclic amines) is 1. The molecule has 1 heterocycles. The zero-order valence-electron chi connectivity index (χ0n) is 11.6. The van der Waals surface area contributed by atoms with E-state index in [-0.39, 0.29) is 0 Å². The number of benzene rings is 1. The summed E-state index contributed by atoms with van der Waals surface area (Å²) in [7, 11) is 1.74. The summed E-state index contributed by atoms with van der Waals surface area (Å²) in [6.07, 6.45) is 7.09. The third kappa shape index (κ3) is 2.82. The van der Waals surface area contributed by atoms with Crippen molar-refractivity contribution < 1.29 is 4.74 Å². The van der Waals surface area contributed by atoms with Crippen molar-refractivity contribution in [2.45, 2.75) is 44.7 Å². The van der Waals surface area contributed by atoms with Crippen LogP contribution in [0.4, 0.5) is 0 Å². The molecule has 3 rings (SSSR count). The van der Waals surface area contributed by atoms with Gasteiger partial charge in [0, 0.05) is 17.1 Å². The van der Waals surface area contributed by atoms with Crippen molar-refractivity contribution >= 4 is 15.9 Å². The predicted octanol–water partition coefficient (Wildman–Crippen LogP) is 4.22. The van der Waals surface area contributed by atoms with E-state index in [2.05, 4.69) is 33.0 Å². The van der Waals surface area contributed by atoms with Crippen LogP contribution in [0.25, 0.3) is 0 Å². The highest BCUT2D eigenvalue weighted by Crippen LogP contribution is 2.37. The monoisotopic (exact) mass is 323 g/mol. The van der Waals surface area contributed by atoms with Gasteiger partial charge in [0.1, 0.15) is 5.75 Å². The molecule has 2 nitrogen and oxygen atoms in total. The van der Waals surface area contributed by atoms with Gasteiger partial charge in [-0.1, -0.05) is 28.8 Å². The van der Waals surface area contributed by atoms with E-state index in [4.69, 9.17) is 4.74 Å². The molecule has 2 aliphatic rings. The normalized spacial score (nSPS) is 27.3. The van der Waals surface area contributed by atoms with Gasteiger partial charge in [0.15, 0.2) is 0 Å². The molecule has 2 unspecified atom stereocenters. The Morgan fingerprint density at radius 1 is 1.26 bits per heavy atom. The van der Waals surface area contributed by atoms with E-state index in [0.29, 0.717) is 0 Å². The Morgan fingerprint density at radius 2 is 2.11 bits per heavy atom. The summed E-state index contributed by atoms with van der Waals surface area (Å²) >= 11 is 3.67. The molecule has 0 N–H and O–H groups in total. The van der Waals surface area contributed by atoms with Gasteiger partial charge in [-0.25, -0.2) is 0 Å². The van der Waals surface area contributed by atoms with Crippen LogP contribution in [-0.2, 0) is 6.54 Å². The van der Waals surface area contributed by atoms with Crippen LogP contribution < -0.4 is 4.74 Å². The number of rotatable bonds is 3. The first-order valence-corrected chi connectivity index (χ1v) is 8.13. The average Bonchev–Trinajstić information content (AvgIpc) is 2.85. The van der Waals surface area contributed by atoms with Crippen molar-refractivity contribution in [3.05, 3.63) is 28.2 Å². The highest BCUT2D eigenvalue weighted by atomic mass is 79.9. The highest BCUT2D eigenvalue weighted by Gasteiger charge is 2.35. The van der Waals surface area contributed by atoms with Crippen molar-refractivity contribution in [1.82, 2.24) is 4.90 Å². The van der Waals surface area contributed by atoms with E-state index < -0.39 is 0 Å². The summed E-state index contributed by atoms with van der Waals surface area (Å²) in [5.41, 5.74) is 1.35. The number of hydrogen-bond acceptors (Lipinski definition) is 2. The Bertz CT molecular complexity index is 448. The van der Waals surface area contributed by atoms with Gasteiger partial charge in [-0.05, 0) is 55.5 Å². The molecule has 3 heteroatoms. The topological polar surface area (TPSA) is 12.5 Å². The Labute approximate surface area is 124 Å². The molecular formula is C16H22BrNO. The lowest BCUT2D eigenvalue weighted by Crippen LogP contribution is -2.34. The summed E-state index contributed by atoms with van der Waals surface area (Å²) in [5, 5.41) is 0. The number of ether oxygens (including phenoxy) is 1. The minimum atomic E-state index is 0.826. The lowest BCUT2D eigenvalue weighted by Gasteiger charge is -2.32. The van der Waals surface area contributed by atoms with Gasteiger partial charge >= 0.3 is 0 Å². The Balaban J connectivity index is 1.74. The van der Waals surface area contributed by atoms with Gasteiger partial charge < -0.3 is 4.74 Å². The lowest BCUT2D eigenvalue weighted by atomic mass is 9.85. The zero-order chi connectivity index (χ0) is 13.2. The summed E-state index contributed by atoms with van der Waals surface area (Å²) in [5.74, 6) is 1.91. The maximum absolute atomic E-state index is 5.34. The fourth-order valence-corrected chi connectivity index (χ4v) is 4.09. The van der Waals surface area contributed by atoms with Crippen LogP contribution >= 0.6 is 15.9 Å². The van der Waals surface area contributed by atoms with Crippen molar-refractivity contribution in [3.63, 3.8) is 0 Å². The van der Waals surface area contributed by atoms with Gasteiger partial charge in [0.25, 0.3) is 0 Å². The standard InChI is InChI=1S/C16H22BrNO/c1-19-14-6-7-15(17)13(10-14)11-18-9-8-12-4-2-3-5-16(12)18/h6-7,10,12,16H,2-5,8-9,11H2,1H3. The Morgan fingerprint density at radius 3 is 2.95 bits per heavy atom. The number of fused-ring (bicyclic) bond motifs is 1. The molecule has 1 aromatic carbocycles. The third-order valence-corrected chi connectivity index (χ3v) is 5.53. The van der Waals surface area contributed by atoms with Crippen molar-refractivity contribution in [2.24, 2.45) is 5.92 Å². The molecule has 1 aliphatic heterocycles. The van der Waals surface area contributed by atoms with E-state index in [1.165, 1.54) is 48.7 Å². The average molecular weight is 324 g/mol. The SMILES string of the molecule is COc1ccc(Br)c(CN2CCC3CCCCC32)c1. The zero-order valence-corrected chi connectivity index (χ0v) is 13.2. The fraction of sp³-hybridized carbons (Fsp3) is 0.625. The molecule has 1 aliphatic carbocycles. The van der Waals surface area contributed by atoms with E-state index >= 15 is 0 Å². The maximum Gasteiger partial charge on any atom is 0.119 e. The van der Waals surface area contributed by atoms with E-state index in [1.807, 2.05) is 6.07 Å². The summed E-state index contributed by atoms with van der Waals surface area (Å²) in [4.78, 5) is 2.68. The smallest absolute Gasteiger partial charge is 0.119 e. The fourth-order valence-electron chi connectivity index (χ4n) is 3.72. The van der Waals surface area contributed by atoms with E-state index in [0.717, 1.165) is 24.3 Å². The molecule has 0 amide bonds. The van der Waals surface area contributed by atoms with Crippen LogP contribution in [0.2, 0.25) is 0 Å². The van der Waals surface area contributed by atoms with Crippen LogP contribution in [0.3, 0.4) is 0 Å². The molecule has 104 valence electrons. The molecule has 1 aromatic rings. The van der Waals surface area contributed by atoms with Gasteiger partial charge in [0.05, 0.1) is 7.11 Å². The lowest BCUT2D eigenvalue weighted by molar-refractivity contribution is 0.175. The predicted molar refractivity (Wildman–Crippen MR) is 81.5 cm³/mol. The van der Waals surface area contributed by atoms with Gasteiger partial charge in [-0.15, -0.1) is 0 Å². The van der Waals surface area contributed by atoms with Crippen molar-refractivity contribution in [3.8, 4) is 5.75 Å². The second kappa shape index (κ2) is 5.84. The van der Waals surface area contributed by atoms with E-state index in [1.54, 1.807) is 7.11 Å². The summed E-state index contributed by atoms with van der Waals surface area (Å²) < 4.78 is 6.54. The molecular weight excluding hydrogens is 302 g/mol. The number of halogens is 1. The van der Waals surface area contributed by atoms with Crippen molar-refractivity contribution in [2.75, 3.05) is 13.7 Å². The van der Waals surface area contributed by atoms with Crippen LogP contribution in [-0.4, -0.2) is 24.6 Å². The van der Waals surface area contributed by atoms with Crippen LogP contribution in [0.1, 0.15) is 37.7 Å². The maximum atomic E-state index is 5.34. The van der Waals surface area contributed by atoms with Crippen LogP contribution in [0.15, 0.2) is 22.7 Å². The Kier molecular flexibility index (Phi) is 4.13. The minimum Gasteiger partial charge on any atom is -0.497 e. The molecule has 0 spiro atoms. The van der Waals surface area contributed by atoms with Crippen LogP contribution in [0.5, 0.6) is 5.75 Å². The molecule has 2 fully saturated rings. The van der Waals surface area contributed by atoms with E-state index in [9.17, 15) is 0 Å². The first kappa shape index (κ1) is 13.4. The summed E-state index contributed by atoms with van der Waals surface area (Å²) in [6, 6.07) is 7.11. The molecule has 19 heavy (non-hydrogen) atoms. The second-order valence-electron chi connectivity index (χ2n) is 5.83. The number of methoxy groups -OCH3 is 1. The molecule has 0 aromatic heterocycles. The van der Waals surface area contributed by atoms with Gasteiger partial charge in [-0.2, -0.15) is 0 Å². The third-order valence-electron chi connectivity index (χ3n) is 4.75. The largest absolute Gasteiger partial charge is 0.497 e. The molecule has 0 radical (unpaired) electrons. The van der Waals surface area contributed by atoms with Crippen LogP contribution in [0, 0.1) is 5.92 Å². The molecule has 2 atom stereocenters. The molecule has 0 bridgehead atoms. The summed E-state index contributed by atoms with van der Waals surface area (Å²) in [6.45, 7) is 2.32. The van der Waals surface area contributed by atoms with Crippen molar-refractivity contribution in [1.29, 1.82) is 0 Å². The van der Waals surface area contributed by atoms with Gasteiger partial charge in [-0.3, -0.25) is 4.90 Å². The Hall–Kier alpha value is -0.540. The number of hydrogen-bond donors (Lipinski definition) is 0.